The Morgan fingerprint density at radius 2 is 1.38 bits per heavy atom. The Morgan fingerprint density at radius 1 is 0.872 bits per heavy atom. The van der Waals surface area contributed by atoms with Crippen LogP contribution in [0.2, 0.25) is 36.3 Å². The molecule has 0 spiro atoms. The van der Waals surface area contributed by atoms with E-state index in [0.29, 0.717) is 13.0 Å². The molecule has 0 saturated carbocycles. The van der Waals surface area contributed by atoms with Crippen LogP contribution in [0.15, 0.2) is 49.1 Å². The standard InChI is InChI=1S/C32H58O5Si2/c1-15-16-29(37-39(13,14)32(7,8)9)30(33)28(35-23-26-18-20-27(34-10)21-19-26)22-17-24(2)25(3)36-38(11,12)31(4,5)6/h15,17-22,24-25,28-30,33H,1,16,23H2,2-14H3/b22-17-/t24-,25+,28-,29+,30-/m1/s1. The van der Waals surface area contributed by atoms with Crippen molar-refractivity contribution in [3.8, 4) is 5.75 Å². The third kappa shape index (κ3) is 10.9. The van der Waals surface area contributed by atoms with Crippen LogP contribution in [-0.2, 0) is 20.2 Å². The summed E-state index contributed by atoms with van der Waals surface area (Å²) < 4.78 is 25.0. The quantitative estimate of drug-likeness (QED) is 0.167. The first-order valence-electron chi connectivity index (χ1n) is 14.3. The van der Waals surface area contributed by atoms with Crippen molar-refractivity contribution in [2.75, 3.05) is 7.11 Å². The molecule has 0 heterocycles. The fraction of sp³-hybridized carbons (Fsp3) is 0.688. The molecule has 5 nitrogen and oxygen atoms in total. The van der Waals surface area contributed by atoms with Gasteiger partial charge in [0.15, 0.2) is 16.6 Å². The molecule has 0 radical (unpaired) electrons. The van der Waals surface area contributed by atoms with Gasteiger partial charge < -0.3 is 23.4 Å². The maximum absolute atomic E-state index is 11.7. The molecule has 1 N–H and O–H groups in total. The molecule has 1 aromatic rings. The number of aliphatic hydroxyl groups is 1. The van der Waals surface area contributed by atoms with Crippen LogP contribution in [0.4, 0.5) is 0 Å². The molecule has 0 bridgehead atoms. The zero-order valence-electron chi connectivity index (χ0n) is 27.1. The van der Waals surface area contributed by atoms with Crippen LogP contribution in [0.3, 0.4) is 0 Å². The van der Waals surface area contributed by atoms with Crippen LogP contribution in [-0.4, -0.2) is 53.3 Å². The highest BCUT2D eigenvalue weighted by molar-refractivity contribution is 6.74. The zero-order valence-corrected chi connectivity index (χ0v) is 29.1. The normalized spacial score (nSPS) is 17.5. The van der Waals surface area contributed by atoms with Crippen molar-refractivity contribution in [2.24, 2.45) is 5.92 Å². The maximum atomic E-state index is 11.7. The molecule has 0 fully saturated rings. The van der Waals surface area contributed by atoms with Gasteiger partial charge in [-0.2, -0.15) is 0 Å². The average molecular weight is 579 g/mol. The minimum absolute atomic E-state index is 0.0203. The first-order chi connectivity index (χ1) is 17.8. The molecule has 0 aliphatic carbocycles. The van der Waals surface area contributed by atoms with E-state index in [2.05, 4.69) is 94.2 Å². The number of hydrogen-bond donors (Lipinski definition) is 1. The van der Waals surface area contributed by atoms with Crippen LogP contribution in [0.5, 0.6) is 5.75 Å². The Kier molecular flexibility index (Phi) is 13.4. The molecule has 0 aliphatic heterocycles. The van der Waals surface area contributed by atoms with E-state index in [-0.39, 0.29) is 22.1 Å². The van der Waals surface area contributed by atoms with Crippen molar-refractivity contribution >= 4 is 16.6 Å². The molecule has 0 aromatic heterocycles. The van der Waals surface area contributed by atoms with Crippen molar-refractivity contribution in [3.05, 3.63) is 54.6 Å². The lowest BCUT2D eigenvalue weighted by molar-refractivity contribution is -0.0699. The van der Waals surface area contributed by atoms with Gasteiger partial charge in [0.05, 0.1) is 19.8 Å². The van der Waals surface area contributed by atoms with E-state index in [1.807, 2.05) is 36.4 Å². The Labute approximate surface area is 242 Å². The average Bonchev–Trinajstić information content (AvgIpc) is 2.81. The minimum Gasteiger partial charge on any atom is -0.497 e. The Bertz CT molecular complexity index is 897. The van der Waals surface area contributed by atoms with Crippen LogP contribution in [0, 0.1) is 5.92 Å². The highest BCUT2D eigenvalue weighted by Crippen LogP contribution is 2.39. The van der Waals surface area contributed by atoms with E-state index in [1.54, 1.807) is 7.11 Å². The van der Waals surface area contributed by atoms with Gasteiger partial charge in [0.2, 0.25) is 0 Å². The van der Waals surface area contributed by atoms with Gasteiger partial charge >= 0.3 is 0 Å². The van der Waals surface area contributed by atoms with Crippen molar-refractivity contribution < 1.29 is 23.4 Å². The molecular formula is C32H58O5Si2. The lowest BCUT2D eigenvalue weighted by Gasteiger charge is -2.41. The zero-order chi connectivity index (χ0) is 30.2. The van der Waals surface area contributed by atoms with Gasteiger partial charge in [0.25, 0.3) is 0 Å². The molecule has 39 heavy (non-hydrogen) atoms. The maximum Gasteiger partial charge on any atom is 0.192 e. The summed E-state index contributed by atoms with van der Waals surface area (Å²) in [6, 6.07) is 7.81. The van der Waals surface area contributed by atoms with Crippen molar-refractivity contribution in [2.45, 2.75) is 129 Å². The number of benzene rings is 1. The smallest absolute Gasteiger partial charge is 0.192 e. The first-order valence-corrected chi connectivity index (χ1v) is 20.1. The molecule has 224 valence electrons. The Balaban J connectivity index is 3.22. The third-order valence-corrected chi connectivity index (χ3v) is 17.7. The second-order valence-corrected chi connectivity index (χ2v) is 23.4. The van der Waals surface area contributed by atoms with Crippen LogP contribution in [0.25, 0.3) is 0 Å². The van der Waals surface area contributed by atoms with Gasteiger partial charge in [-0.05, 0) is 73.2 Å². The van der Waals surface area contributed by atoms with Gasteiger partial charge in [0, 0.05) is 6.10 Å². The van der Waals surface area contributed by atoms with Gasteiger partial charge in [-0.1, -0.05) is 78.8 Å². The largest absolute Gasteiger partial charge is 0.497 e. The van der Waals surface area contributed by atoms with Gasteiger partial charge in [-0.3, -0.25) is 0 Å². The van der Waals surface area contributed by atoms with E-state index < -0.39 is 34.9 Å². The summed E-state index contributed by atoms with van der Waals surface area (Å²) in [5, 5.41) is 11.8. The fourth-order valence-corrected chi connectivity index (χ4v) is 6.40. The monoisotopic (exact) mass is 578 g/mol. The number of aliphatic hydroxyl groups excluding tert-OH is 1. The topological polar surface area (TPSA) is 57.2 Å². The fourth-order valence-electron chi connectivity index (χ4n) is 3.56. The molecule has 0 aliphatic rings. The molecule has 5 atom stereocenters. The molecule has 1 rings (SSSR count). The lowest BCUT2D eigenvalue weighted by atomic mass is 10.0. The molecule has 1 aromatic carbocycles. The first kappa shape index (κ1) is 35.8. The van der Waals surface area contributed by atoms with E-state index in [0.717, 1.165) is 11.3 Å². The van der Waals surface area contributed by atoms with E-state index in [1.165, 1.54) is 0 Å². The van der Waals surface area contributed by atoms with Gasteiger partial charge in [-0.15, -0.1) is 6.58 Å². The summed E-state index contributed by atoms with van der Waals surface area (Å²) in [4.78, 5) is 0. The lowest BCUT2D eigenvalue weighted by Crippen LogP contribution is -2.49. The summed E-state index contributed by atoms with van der Waals surface area (Å²) in [5.74, 6) is 0.950. The number of rotatable bonds is 15. The van der Waals surface area contributed by atoms with E-state index in [4.69, 9.17) is 18.3 Å². The summed E-state index contributed by atoms with van der Waals surface area (Å²) in [6.07, 6.45) is 4.72. The molecule has 7 heteroatoms. The summed E-state index contributed by atoms with van der Waals surface area (Å²) in [5.41, 5.74) is 1.01. The number of ether oxygens (including phenoxy) is 2. The molecular weight excluding hydrogens is 521 g/mol. The highest BCUT2D eigenvalue weighted by atomic mass is 28.4. The van der Waals surface area contributed by atoms with Crippen LogP contribution in [0.1, 0.15) is 67.4 Å². The third-order valence-electron chi connectivity index (χ3n) is 8.60. The van der Waals surface area contributed by atoms with Crippen molar-refractivity contribution in [3.63, 3.8) is 0 Å². The Hall–Kier alpha value is -1.23. The summed E-state index contributed by atoms with van der Waals surface area (Å²) in [7, 11) is -2.38. The minimum atomic E-state index is -2.14. The SMILES string of the molecule is C=CC[C@H](O[Si](C)(C)C(C)(C)C)[C@H](O)[C@@H](/C=C\[C@@H](C)[C@H](C)O[Si](C)(C)C(C)(C)C)OCc1ccc(OC)cc1. The second-order valence-electron chi connectivity index (χ2n) is 13.9. The van der Waals surface area contributed by atoms with Gasteiger partial charge in [-0.25, -0.2) is 0 Å². The molecule has 0 unspecified atom stereocenters. The van der Waals surface area contributed by atoms with E-state index in [9.17, 15) is 5.11 Å². The number of methoxy groups -OCH3 is 1. The van der Waals surface area contributed by atoms with Crippen molar-refractivity contribution in [1.82, 2.24) is 0 Å². The molecule has 0 saturated heterocycles. The second kappa shape index (κ2) is 14.6. The predicted molar refractivity (Wildman–Crippen MR) is 171 cm³/mol. The highest BCUT2D eigenvalue weighted by Gasteiger charge is 2.42. The molecule has 0 amide bonds. The van der Waals surface area contributed by atoms with Crippen molar-refractivity contribution in [1.29, 1.82) is 0 Å². The van der Waals surface area contributed by atoms with E-state index >= 15 is 0 Å². The Morgan fingerprint density at radius 3 is 1.85 bits per heavy atom. The summed E-state index contributed by atoms with van der Waals surface area (Å²) >= 11 is 0. The predicted octanol–water partition coefficient (Wildman–Crippen LogP) is 8.51. The number of hydrogen-bond acceptors (Lipinski definition) is 5. The van der Waals surface area contributed by atoms with Gasteiger partial charge in [0.1, 0.15) is 18.0 Å². The van der Waals surface area contributed by atoms with Crippen LogP contribution >= 0.6 is 0 Å². The summed E-state index contributed by atoms with van der Waals surface area (Å²) in [6.45, 7) is 31.0. The van der Waals surface area contributed by atoms with Crippen LogP contribution < -0.4 is 4.74 Å².